The Morgan fingerprint density at radius 2 is 1.69 bits per heavy atom. The largest absolute Gasteiger partial charge is 0.251 e. The minimum Gasteiger partial charge on any atom is -0.251 e. The second-order valence-corrected chi connectivity index (χ2v) is 5.03. The molecule has 1 N–H and O–H groups in total. The Kier molecular flexibility index (Phi) is 2.83. The zero-order valence-corrected chi connectivity index (χ0v) is 8.89. The Hall–Kier alpha value is -0.340. The lowest BCUT2D eigenvalue weighted by Crippen LogP contribution is -2.39. The van der Waals surface area contributed by atoms with Crippen LogP contribution < -0.4 is 0 Å². The molecule has 1 fully saturated rings. The molecule has 0 saturated heterocycles. The molecule has 0 bridgehead atoms. The van der Waals surface area contributed by atoms with E-state index < -0.39 is 5.60 Å². The highest BCUT2D eigenvalue weighted by Gasteiger charge is 2.40. The standard InChI is InChI=1S/C11H20O2/c1-9(2)11(13-12)7-5-10(3,4)6-8-11/h12H,1,5-8H2,2-4H3. The predicted octanol–water partition coefficient (Wildman–Crippen LogP) is 3.39. The van der Waals surface area contributed by atoms with E-state index in [1.807, 2.05) is 6.92 Å². The van der Waals surface area contributed by atoms with Crippen molar-refractivity contribution < 1.29 is 10.1 Å². The Labute approximate surface area is 80.5 Å². The first-order valence-corrected chi connectivity index (χ1v) is 4.90. The van der Waals surface area contributed by atoms with Crippen LogP contribution in [-0.4, -0.2) is 10.9 Å². The zero-order chi connectivity index (χ0) is 10.1. The van der Waals surface area contributed by atoms with E-state index in [2.05, 4.69) is 25.3 Å². The highest BCUT2D eigenvalue weighted by Crippen LogP contribution is 2.44. The van der Waals surface area contributed by atoms with Crippen molar-refractivity contribution in [3.05, 3.63) is 12.2 Å². The van der Waals surface area contributed by atoms with Gasteiger partial charge in [0.1, 0.15) is 5.60 Å². The molecule has 1 rings (SSSR count). The molecular weight excluding hydrogens is 164 g/mol. The lowest BCUT2D eigenvalue weighted by Gasteiger charge is -2.41. The summed E-state index contributed by atoms with van der Waals surface area (Å²) in [6, 6.07) is 0. The first kappa shape index (κ1) is 10.7. The van der Waals surface area contributed by atoms with Crippen LogP contribution in [0.15, 0.2) is 12.2 Å². The zero-order valence-electron chi connectivity index (χ0n) is 8.89. The summed E-state index contributed by atoms with van der Waals surface area (Å²) in [5, 5.41) is 8.92. The van der Waals surface area contributed by atoms with Crippen LogP contribution in [0.4, 0.5) is 0 Å². The van der Waals surface area contributed by atoms with Crippen molar-refractivity contribution in [1.82, 2.24) is 0 Å². The molecular formula is C11H20O2. The highest BCUT2D eigenvalue weighted by molar-refractivity contribution is 5.12. The fourth-order valence-electron chi connectivity index (χ4n) is 1.93. The molecule has 76 valence electrons. The molecule has 0 aliphatic heterocycles. The van der Waals surface area contributed by atoms with Crippen molar-refractivity contribution >= 4 is 0 Å². The minimum atomic E-state index is -0.463. The highest BCUT2D eigenvalue weighted by atomic mass is 17.1. The molecule has 2 heteroatoms. The fourth-order valence-corrected chi connectivity index (χ4v) is 1.93. The first-order chi connectivity index (χ1) is 5.92. The number of hydrogen-bond acceptors (Lipinski definition) is 2. The Morgan fingerprint density at radius 1 is 1.23 bits per heavy atom. The smallest absolute Gasteiger partial charge is 0.124 e. The van der Waals surface area contributed by atoms with Crippen LogP contribution >= 0.6 is 0 Å². The average Bonchev–Trinajstić information content (AvgIpc) is 2.05. The van der Waals surface area contributed by atoms with Gasteiger partial charge in [-0.05, 0) is 43.6 Å². The van der Waals surface area contributed by atoms with E-state index in [-0.39, 0.29) is 0 Å². The summed E-state index contributed by atoms with van der Waals surface area (Å²) in [5.74, 6) is 0. The molecule has 0 spiro atoms. The van der Waals surface area contributed by atoms with Crippen LogP contribution in [0.1, 0.15) is 46.5 Å². The van der Waals surface area contributed by atoms with Crippen LogP contribution in [0.25, 0.3) is 0 Å². The van der Waals surface area contributed by atoms with Crippen molar-refractivity contribution in [2.75, 3.05) is 0 Å². The molecule has 0 amide bonds. The topological polar surface area (TPSA) is 29.5 Å². The second-order valence-electron chi connectivity index (χ2n) is 5.03. The number of hydrogen-bond donors (Lipinski definition) is 1. The molecule has 1 saturated carbocycles. The first-order valence-electron chi connectivity index (χ1n) is 4.90. The molecule has 0 atom stereocenters. The van der Waals surface area contributed by atoms with E-state index in [4.69, 9.17) is 5.26 Å². The normalized spacial score (nSPS) is 25.5. The van der Waals surface area contributed by atoms with Crippen molar-refractivity contribution in [2.24, 2.45) is 5.41 Å². The molecule has 0 aromatic carbocycles. The lowest BCUT2D eigenvalue weighted by atomic mass is 9.69. The van der Waals surface area contributed by atoms with Crippen molar-refractivity contribution in [3.63, 3.8) is 0 Å². The van der Waals surface area contributed by atoms with Gasteiger partial charge in [-0.15, -0.1) is 0 Å². The summed E-state index contributed by atoms with van der Waals surface area (Å²) in [4.78, 5) is 4.63. The Morgan fingerprint density at radius 3 is 2.00 bits per heavy atom. The van der Waals surface area contributed by atoms with E-state index in [0.29, 0.717) is 5.41 Å². The molecule has 0 heterocycles. The summed E-state index contributed by atoms with van der Waals surface area (Å²) >= 11 is 0. The third-order valence-corrected chi connectivity index (χ3v) is 3.36. The van der Waals surface area contributed by atoms with Gasteiger partial charge < -0.3 is 0 Å². The predicted molar refractivity (Wildman–Crippen MR) is 53.5 cm³/mol. The third-order valence-electron chi connectivity index (χ3n) is 3.36. The van der Waals surface area contributed by atoms with Crippen LogP contribution in [-0.2, 0) is 4.89 Å². The molecule has 2 nitrogen and oxygen atoms in total. The molecule has 13 heavy (non-hydrogen) atoms. The van der Waals surface area contributed by atoms with Crippen LogP contribution in [0, 0.1) is 5.41 Å². The van der Waals surface area contributed by atoms with Crippen molar-refractivity contribution in [3.8, 4) is 0 Å². The SMILES string of the molecule is C=C(C)C1(OO)CCC(C)(C)CC1. The summed E-state index contributed by atoms with van der Waals surface area (Å²) in [6.07, 6.45) is 3.93. The molecule has 0 unspecified atom stereocenters. The lowest BCUT2D eigenvalue weighted by molar-refractivity contribution is -0.320. The van der Waals surface area contributed by atoms with Crippen LogP contribution in [0.2, 0.25) is 0 Å². The van der Waals surface area contributed by atoms with Gasteiger partial charge in [-0.25, -0.2) is 4.89 Å². The summed E-state index contributed by atoms with van der Waals surface area (Å²) < 4.78 is 0. The third kappa shape index (κ3) is 2.12. The molecule has 1 aliphatic carbocycles. The van der Waals surface area contributed by atoms with Gasteiger partial charge in [-0.1, -0.05) is 20.4 Å². The van der Waals surface area contributed by atoms with Gasteiger partial charge in [0.15, 0.2) is 0 Å². The van der Waals surface area contributed by atoms with Gasteiger partial charge in [0.25, 0.3) is 0 Å². The molecule has 0 radical (unpaired) electrons. The maximum atomic E-state index is 8.92. The van der Waals surface area contributed by atoms with E-state index in [1.54, 1.807) is 0 Å². The van der Waals surface area contributed by atoms with E-state index in [0.717, 1.165) is 31.3 Å². The van der Waals surface area contributed by atoms with E-state index >= 15 is 0 Å². The minimum absolute atomic E-state index is 0.386. The average molecular weight is 184 g/mol. The van der Waals surface area contributed by atoms with Crippen LogP contribution in [0.5, 0.6) is 0 Å². The summed E-state index contributed by atoms with van der Waals surface area (Å²) in [6.45, 7) is 10.3. The second kappa shape index (κ2) is 3.43. The van der Waals surface area contributed by atoms with E-state index in [1.165, 1.54) is 0 Å². The molecule has 0 aromatic rings. The van der Waals surface area contributed by atoms with Gasteiger partial charge in [0.2, 0.25) is 0 Å². The quantitative estimate of drug-likeness (QED) is 0.405. The molecule has 1 aliphatic rings. The molecule has 0 aromatic heterocycles. The number of rotatable bonds is 2. The maximum absolute atomic E-state index is 8.92. The van der Waals surface area contributed by atoms with Gasteiger partial charge in [-0.2, -0.15) is 0 Å². The fraction of sp³-hybridized carbons (Fsp3) is 0.818. The van der Waals surface area contributed by atoms with Crippen molar-refractivity contribution in [1.29, 1.82) is 0 Å². The van der Waals surface area contributed by atoms with E-state index in [9.17, 15) is 0 Å². The summed E-state index contributed by atoms with van der Waals surface area (Å²) in [5.41, 5.74) is 0.859. The van der Waals surface area contributed by atoms with Gasteiger partial charge >= 0.3 is 0 Å². The Balaban J connectivity index is 2.69. The van der Waals surface area contributed by atoms with Gasteiger partial charge in [0.05, 0.1) is 0 Å². The van der Waals surface area contributed by atoms with Crippen molar-refractivity contribution in [2.45, 2.75) is 52.1 Å². The summed E-state index contributed by atoms with van der Waals surface area (Å²) in [7, 11) is 0. The van der Waals surface area contributed by atoms with Crippen LogP contribution in [0.3, 0.4) is 0 Å². The Bertz CT molecular complexity index is 196. The van der Waals surface area contributed by atoms with Gasteiger partial charge in [-0.3, -0.25) is 5.26 Å². The van der Waals surface area contributed by atoms with Gasteiger partial charge in [0, 0.05) is 0 Å². The monoisotopic (exact) mass is 184 g/mol. The maximum Gasteiger partial charge on any atom is 0.124 e.